The highest BCUT2D eigenvalue weighted by molar-refractivity contribution is 6.31. The van der Waals surface area contributed by atoms with Crippen molar-refractivity contribution in [3.63, 3.8) is 0 Å². The number of furan rings is 2. The first kappa shape index (κ1) is 31.5. The molecule has 6 heteroatoms. The van der Waals surface area contributed by atoms with Crippen LogP contribution in [0.5, 0.6) is 0 Å². The molecule has 0 fully saturated rings. The van der Waals surface area contributed by atoms with E-state index in [4.69, 9.17) is 24.6 Å². The summed E-state index contributed by atoms with van der Waals surface area (Å²) in [4.78, 5) is 10.2. The van der Waals surface area contributed by atoms with Crippen LogP contribution in [0.4, 0.5) is 5.88 Å². The zero-order valence-electron chi connectivity index (χ0n) is 29.5. The number of hydrogen-bond acceptors (Lipinski definition) is 6. The van der Waals surface area contributed by atoms with Gasteiger partial charge in [0.15, 0.2) is 11.7 Å². The van der Waals surface area contributed by atoms with Crippen molar-refractivity contribution in [2.45, 2.75) is 13.1 Å². The number of nitrogen functional groups attached to an aromatic ring is 1. The summed E-state index contributed by atoms with van der Waals surface area (Å²) in [5, 5.41) is 8.97. The molecular weight excluding hydrogens is 665 g/mol. The van der Waals surface area contributed by atoms with Gasteiger partial charge in [0, 0.05) is 38.4 Å². The third kappa shape index (κ3) is 5.27. The van der Waals surface area contributed by atoms with Crippen molar-refractivity contribution < 1.29 is 8.83 Å². The van der Waals surface area contributed by atoms with Gasteiger partial charge in [-0.25, -0.2) is 9.98 Å². The Balaban J connectivity index is 1.07. The predicted molar refractivity (Wildman–Crippen MR) is 223 cm³/mol. The average molecular weight is 699 g/mol. The van der Waals surface area contributed by atoms with Crippen LogP contribution in [0.1, 0.15) is 29.8 Å². The zero-order chi connectivity index (χ0) is 36.2. The monoisotopic (exact) mass is 698 g/mol. The van der Waals surface area contributed by atoms with Crippen LogP contribution in [0.3, 0.4) is 0 Å². The molecule has 0 aliphatic carbocycles. The molecule has 0 radical (unpaired) electrons. The van der Waals surface area contributed by atoms with Crippen LogP contribution >= 0.6 is 0 Å². The molecule has 2 aromatic heterocycles. The van der Waals surface area contributed by atoms with E-state index in [0.717, 1.165) is 71.7 Å². The van der Waals surface area contributed by atoms with E-state index in [1.807, 2.05) is 61.5 Å². The van der Waals surface area contributed by atoms with Crippen molar-refractivity contribution in [3.05, 3.63) is 180 Å². The van der Waals surface area contributed by atoms with E-state index >= 15 is 0 Å². The topological polar surface area (TPSA) is 89.0 Å². The van der Waals surface area contributed by atoms with Crippen LogP contribution in [0.15, 0.2) is 183 Å². The minimum atomic E-state index is -0.384. The molecule has 9 aromatic rings. The normalized spacial score (nSPS) is 14.8. The largest absolute Gasteiger partial charge is 0.455 e. The lowest BCUT2D eigenvalue weighted by Crippen LogP contribution is -2.33. The van der Waals surface area contributed by atoms with Crippen molar-refractivity contribution in [1.29, 1.82) is 0 Å². The Kier molecular flexibility index (Phi) is 7.47. The van der Waals surface area contributed by atoms with Gasteiger partial charge >= 0.3 is 0 Å². The van der Waals surface area contributed by atoms with E-state index in [1.54, 1.807) is 0 Å². The minimum Gasteiger partial charge on any atom is -0.455 e. The van der Waals surface area contributed by atoms with Crippen LogP contribution in [0.2, 0.25) is 0 Å². The smallest absolute Gasteiger partial charge is 0.199 e. The molecule has 0 bridgehead atoms. The van der Waals surface area contributed by atoms with Crippen LogP contribution in [0, 0.1) is 0 Å². The maximum absolute atomic E-state index is 6.83. The number of hydrogen-bond donors (Lipinski definition) is 2. The molecule has 0 spiro atoms. The van der Waals surface area contributed by atoms with Crippen LogP contribution in [-0.4, -0.2) is 11.7 Å². The molecule has 0 saturated heterocycles. The number of allylic oxidation sites excluding steroid dienone is 1. The highest BCUT2D eigenvalue weighted by Crippen LogP contribution is 2.43. The second-order valence-electron chi connectivity index (χ2n) is 13.5. The lowest BCUT2D eigenvalue weighted by Gasteiger charge is -2.25. The quantitative estimate of drug-likeness (QED) is 0.181. The summed E-state index contributed by atoms with van der Waals surface area (Å²) in [6.07, 6.45) is 1.65. The predicted octanol–water partition coefficient (Wildman–Crippen LogP) is 12.0. The number of amidine groups is 2. The van der Waals surface area contributed by atoms with E-state index in [9.17, 15) is 0 Å². The lowest BCUT2D eigenvalue weighted by atomic mass is 9.96. The maximum atomic E-state index is 6.83. The second kappa shape index (κ2) is 12.8. The molecule has 0 amide bonds. The Morgan fingerprint density at radius 2 is 1.22 bits per heavy atom. The molecule has 3 heterocycles. The summed E-state index contributed by atoms with van der Waals surface area (Å²) in [6.45, 7) is 2.00. The minimum absolute atomic E-state index is 0.311. The highest BCUT2D eigenvalue weighted by atomic mass is 16.3. The number of anilines is 1. The molecule has 1 unspecified atom stereocenters. The van der Waals surface area contributed by atoms with Gasteiger partial charge < -0.3 is 19.9 Å². The van der Waals surface area contributed by atoms with Gasteiger partial charge in [-0.05, 0) is 46.5 Å². The van der Waals surface area contributed by atoms with Crippen LogP contribution in [0.25, 0.3) is 71.5 Å². The Bertz CT molecular complexity index is 2970. The molecule has 6 nitrogen and oxygen atoms in total. The van der Waals surface area contributed by atoms with Gasteiger partial charge in [0.1, 0.15) is 28.8 Å². The Labute approximate surface area is 311 Å². The lowest BCUT2D eigenvalue weighted by molar-refractivity contribution is 0.636. The summed E-state index contributed by atoms with van der Waals surface area (Å²) in [6, 6.07) is 54.1. The summed E-state index contributed by atoms with van der Waals surface area (Å²) in [5.74, 6) is 1.61. The number of rotatable bonds is 6. The third-order valence-corrected chi connectivity index (χ3v) is 10.3. The van der Waals surface area contributed by atoms with Gasteiger partial charge in [-0.3, -0.25) is 0 Å². The molecule has 258 valence electrons. The summed E-state index contributed by atoms with van der Waals surface area (Å²) >= 11 is 0. The van der Waals surface area contributed by atoms with Crippen molar-refractivity contribution in [2.75, 3.05) is 5.73 Å². The van der Waals surface area contributed by atoms with E-state index in [0.29, 0.717) is 23.1 Å². The van der Waals surface area contributed by atoms with Crippen molar-refractivity contribution in [1.82, 2.24) is 5.32 Å². The first-order valence-electron chi connectivity index (χ1n) is 18.1. The SMILES string of the molecule is C/C=C(/C1=NC(c2ccccc2)=NC(c2ccc(-c3ccccc3)cc2)N1)c1c(N)oc2c(-c3cccc4c3oc3cc5ccccc5cc34)cccc12. The molecule has 3 N–H and O–H groups in total. The van der Waals surface area contributed by atoms with E-state index < -0.39 is 0 Å². The molecule has 54 heavy (non-hydrogen) atoms. The van der Waals surface area contributed by atoms with E-state index in [1.165, 1.54) is 10.9 Å². The summed E-state index contributed by atoms with van der Waals surface area (Å²) < 4.78 is 13.1. The Morgan fingerprint density at radius 3 is 1.93 bits per heavy atom. The molecular formula is C48H34N4O2. The standard InChI is InChI=1S/C48H34N4O2/c1-2-35(48-51-46(31-15-7-4-8-16-31)50-47(52-48)32-25-23-30(24-26-32)29-13-5-3-6-14-29)42-39-22-12-20-37(44(39)54-45(42)49)36-19-11-21-38-40-27-33-17-9-10-18-34(33)28-41(40)53-43(36)38/h2-28,47H,49H2,1H3,(H,50,51,52)/b35-2+. The summed E-state index contributed by atoms with van der Waals surface area (Å²) in [7, 11) is 0. The Hall–Kier alpha value is -7.18. The molecule has 1 aliphatic rings. The number of nitrogens with one attached hydrogen (secondary N) is 1. The van der Waals surface area contributed by atoms with Gasteiger partial charge in [0.25, 0.3) is 0 Å². The van der Waals surface area contributed by atoms with Crippen molar-refractivity contribution in [2.24, 2.45) is 9.98 Å². The van der Waals surface area contributed by atoms with Gasteiger partial charge in [-0.1, -0.05) is 152 Å². The van der Waals surface area contributed by atoms with Crippen molar-refractivity contribution in [3.8, 4) is 22.3 Å². The molecule has 1 atom stereocenters. The number of aliphatic imine (C=N–C) groups is 2. The van der Waals surface area contributed by atoms with Crippen LogP contribution in [-0.2, 0) is 0 Å². The van der Waals surface area contributed by atoms with Gasteiger partial charge in [-0.2, -0.15) is 0 Å². The molecule has 0 saturated carbocycles. The summed E-state index contributed by atoms with van der Waals surface area (Å²) in [5.41, 5.74) is 16.9. The molecule has 1 aliphatic heterocycles. The van der Waals surface area contributed by atoms with Gasteiger partial charge in [0.2, 0.25) is 0 Å². The van der Waals surface area contributed by atoms with Gasteiger partial charge in [-0.15, -0.1) is 0 Å². The molecule has 10 rings (SSSR count). The van der Waals surface area contributed by atoms with Crippen LogP contribution < -0.4 is 11.1 Å². The van der Waals surface area contributed by atoms with E-state index in [-0.39, 0.29) is 6.17 Å². The number of nitrogens with zero attached hydrogens (tertiary/aromatic N) is 2. The fourth-order valence-corrected chi connectivity index (χ4v) is 7.68. The number of fused-ring (bicyclic) bond motifs is 5. The Morgan fingerprint density at radius 1 is 0.611 bits per heavy atom. The molecule has 7 aromatic carbocycles. The van der Waals surface area contributed by atoms with Gasteiger partial charge in [0.05, 0.1) is 5.56 Å². The first-order chi connectivity index (χ1) is 26.6. The number of nitrogens with two attached hydrogens (primary N) is 1. The highest BCUT2D eigenvalue weighted by Gasteiger charge is 2.27. The number of para-hydroxylation sites is 2. The fourth-order valence-electron chi connectivity index (χ4n) is 7.68. The zero-order valence-corrected chi connectivity index (χ0v) is 29.5. The fraction of sp³-hybridized carbons (Fsp3) is 0.0417. The third-order valence-electron chi connectivity index (χ3n) is 10.3. The second-order valence-corrected chi connectivity index (χ2v) is 13.5. The maximum Gasteiger partial charge on any atom is 0.199 e. The average Bonchev–Trinajstić information content (AvgIpc) is 3.77. The first-order valence-corrected chi connectivity index (χ1v) is 18.1. The number of benzene rings is 7. The van der Waals surface area contributed by atoms with E-state index in [2.05, 4.69) is 115 Å². The van der Waals surface area contributed by atoms with Crippen molar-refractivity contribution >= 4 is 66.8 Å².